The number of nitrogens with zero attached hydrogens (tertiary/aromatic N) is 3. The fourth-order valence-electron chi connectivity index (χ4n) is 4.43. The predicted octanol–water partition coefficient (Wildman–Crippen LogP) is 4.95. The summed E-state index contributed by atoms with van der Waals surface area (Å²) in [6.07, 6.45) is 4.58. The fraction of sp³-hybridized carbons (Fsp3) is 0.560. The van der Waals surface area contributed by atoms with E-state index in [1.165, 1.54) is 7.11 Å². The standard InChI is InChI=1S/C25H38N4O6S/c1-5-29(21-8-10-36(32,33)11-9-21)23-7-6-18(19(13-24(30)31)16-35-17(2)3)12-22(23)28-20-14-26-25(34-4)27-15-20/h6-7,12,14-15,17,19,21,28,32-33H,5,8-11,13,16H2,1-4H3,(H,30,31)/t19-/m0/s1. The van der Waals surface area contributed by atoms with Gasteiger partial charge in [0.1, 0.15) is 0 Å². The average molecular weight is 523 g/mol. The van der Waals surface area contributed by atoms with Crippen molar-refractivity contribution >= 4 is 33.6 Å². The van der Waals surface area contributed by atoms with Crippen molar-refractivity contribution in [3.05, 3.63) is 36.2 Å². The summed E-state index contributed by atoms with van der Waals surface area (Å²) in [6, 6.07) is 6.35. The Bertz CT molecular complexity index is 995. The molecule has 4 N–H and O–H groups in total. The lowest BCUT2D eigenvalue weighted by molar-refractivity contribution is -0.138. The molecule has 3 rings (SSSR count). The zero-order valence-corrected chi connectivity index (χ0v) is 22.2. The number of benzene rings is 1. The first-order chi connectivity index (χ1) is 17.1. The highest BCUT2D eigenvalue weighted by Crippen LogP contribution is 2.46. The quantitative estimate of drug-likeness (QED) is 0.303. The maximum absolute atomic E-state index is 11.6. The summed E-state index contributed by atoms with van der Waals surface area (Å²) in [7, 11) is -0.984. The summed E-state index contributed by atoms with van der Waals surface area (Å²) in [6.45, 7) is 6.95. The average Bonchev–Trinajstić information content (AvgIpc) is 2.84. The lowest BCUT2D eigenvalue weighted by atomic mass is 9.95. The molecule has 0 saturated carbocycles. The van der Waals surface area contributed by atoms with Gasteiger partial charge in [-0.05, 0) is 51.3 Å². The molecule has 36 heavy (non-hydrogen) atoms. The monoisotopic (exact) mass is 522 g/mol. The number of methoxy groups -OCH3 is 1. The molecule has 11 heteroatoms. The van der Waals surface area contributed by atoms with Crippen LogP contribution < -0.4 is 15.0 Å². The van der Waals surface area contributed by atoms with Gasteiger partial charge >= 0.3 is 12.0 Å². The Morgan fingerprint density at radius 3 is 2.44 bits per heavy atom. The van der Waals surface area contributed by atoms with Crippen molar-refractivity contribution in [2.24, 2.45) is 0 Å². The molecule has 2 heterocycles. The zero-order valence-electron chi connectivity index (χ0n) is 21.4. The lowest BCUT2D eigenvalue weighted by Crippen LogP contribution is -2.40. The maximum Gasteiger partial charge on any atom is 0.316 e. The second kappa shape index (κ2) is 12.6. The summed E-state index contributed by atoms with van der Waals surface area (Å²) in [4.78, 5) is 22.2. The van der Waals surface area contributed by atoms with Gasteiger partial charge in [0.05, 0.1) is 55.7 Å². The smallest absolute Gasteiger partial charge is 0.316 e. The maximum atomic E-state index is 11.6. The number of hydrogen-bond donors (Lipinski definition) is 4. The SMILES string of the molecule is CCN(c1ccc([C@H](COC(C)C)CC(=O)O)cc1Nc1cnc(OC)nc1)C1CCS(O)(O)CC1. The highest BCUT2D eigenvalue weighted by Gasteiger charge is 2.29. The highest BCUT2D eigenvalue weighted by atomic mass is 32.3. The number of anilines is 3. The summed E-state index contributed by atoms with van der Waals surface area (Å²) in [5, 5.41) is 12.9. The molecule has 1 aliphatic heterocycles. The van der Waals surface area contributed by atoms with E-state index in [9.17, 15) is 19.0 Å². The lowest BCUT2D eigenvalue weighted by Gasteiger charge is -2.44. The van der Waals surface area contributed by atoms with Crippen molar-refractivity contribution < 1.29 is 28.5 Å². The molecule has 1 atom stereocenters. The van der Waals surface area contributed by atoms with Crippen LogP contribution in [-0.2, 0) is 9.53 Å². The number of carboxylic acid groups (broad SMARTS) is 1. The minimum Gasteiger partial charge on any atom is -0.481 e. The van der Waals surface area contributed by atoms with Crippen LogP contribution in [0, 0.1) is 0 Å². The molecule has 10 nitrogen and oxygen atoms in total. The van der Waals surface area contributed by atoms with E-state index >= 15 is 0 Å². The van der Waals surface area contributed by atoms with Crippen LogP contribution in [0.15, 0.2) is 30.6 Å². The molecule has 0 bridgehead atoms. The Morgan fingerprint density at radius 2 is 1.89 bits per heavy atom. The summed E-state index contributed by atoms with van der Waals surface area (Å²) in [5.74, 6) is -0.404. The van der Waals surface area contributed by atoms with Gasteiger partial charge in [-0.15, -0.1) is 0 Å². The molecular formula is C25H38N4O6S. The van der Waals surface area contributed by atoms with Crippen molar-refractivity contribution in [1.82, 2.24) is 9.97 Å². The van der Waals surface area contributed by atoms with Crippen molar-refractivity contribution in [3.8, 4) is 6.01 Å². The van der Waals surface area contributed by atoms with Crippen molar-refractivity contribution in [2.45, 2.75) is 58.1 Å². The molecule has 2 aromatic rings. The molecule has 200 valence electrons. The largest absolute Gasteiger partial charge is 0.481 e. The van der Waals surface area contributed by atoms with E-state index in [1.54, 1.807) is 12.4 Å². The molecule has 1 aromatic heterocycles. The third-order valence-corrected chi connectivity index (χ3v) is 8.06. The van der Waals surface area contributed by atoms with Crippen LogP contribution in [0.5, 0.6) is 6.01 Å². The third-order valence-electron chi connectivity index (χ3n) is 6.28. The first-order valence-electron chi connectivity index (χ1n) is 12.2. The second-order valence-electron chi connectivity index (χ2n) is 9.26. The van der Waals surface area contributed by atoms with Crippen LogP contribution in [-0.4, -0.2) is 74.1 Å². The van der Waals surface area contributed by atoms with E-state index in [0.717, 1.165) is 23.5 Å². The van der Waals surface area contributed by atoms with E-state index in [4.69, 9.17) is 9.47 Å². The molecule has 0 amide bonds. The molecule has 0 spiro atoms. The van der Waals surface area contributed by atoms with E-state index < -0.39 is 16.6 Å². The Kier molecular flexibility index (Phi) is 9.77. The molecule has 1 saturated heterocycles. The van der Waals surface area contributed by atoms with Crippen molar-refractivity contribution in [1.29, 1.82) is 0 Å². The van der Waals surface area contributed by atoms with Gasteiger partial charge < -0.3 is 24.8 Å². The van der Waals surface area contributed by atoms with E-state index in [-0.39, 0.29) is 30.5 Å². The Balaban J connectivity index is 1.98. The van der Waals surface area contributed by atoms with Crippen LogP contribution >= 0.6 is 10.6 Å². The molecule has 0 unspecified atom stereocenters. The number of aliphatic carboxylic acids is 1. The van der Waals surface area contributed by atoms with Crippen molar-refractivity contribution in [3.63, 3.8) is 0 Å². The number of rotatable bonds is 12. The van der Waals surface area contributed by atoms with E-state index in [1.807, 2.05) is 32.0 Å². The minimum absolute atomic E-state index is 0.0104. The van der Waals surface area contributed by atoms with Gasteiger partial charge in [-0.3, -0.25) is 13.9 Å². The predicted molar refractivity (Wildman–Crippen MR) is 143 cm³/mol. The number of carbonyl (C=O) groups is 1. The molecule has 1 aromatic carbocycles. The molecule has 1 fully saturated rings. The first-order valence-corrected chi connectivity index (χ1v) is 14.1. The van der Waals surface area contributed by atoms with Gasteiger partial charge in [0.2, 0.25) is 0 Å². The van der Waals surface area contributed by atoms with Crippen LogP contribution in [0.3, 0.4) is 0 Å². The summed E-state index contributed by atoms with van der Waals surface area (Å²) in [5.41, 5.74) is 3.25. The number of nitrogens with one attached hydrogen (secondary N) is 1. The first kappa shape index (κ1) is 28.0. The molecule has 0 aliphatic carbocycles. The van der Waals surface area contributed by atoms with Gasteiger partial charge in [0, 0.05) is 30.0 Å². The van der Waals surface area contributed by atoms with Gasteiger partial charge in [-0.25, -0.2) is 9.97 Å². The molecule has 1 aliphatic rings. The van der Waals surface area contributed by atoms with Gasteiger partial charge in [0.25, 0.3) is 0 Å². The Labute approximate surface area is 214 Å². The zero-order chi connectivity index (χ0) is 26.3. The summed E-state index contributed by atoms with van der Waals surface area (Å²) >= 11 is 0. The Hall–Kier alpha value is -2.60. The normalized spacial score (nSPS) is 17.4. The molecular weight excluding hydrogens is 484 g/mol. The second-order valence-corrected chi connectivity index (χ2v) is 11.7. The van der Waals surface area contributed by atoms with Gasteiger partial charge in [-0.2, -0.15) is 10.6 Å². The van der Waals surface area contributed by atoms with Crippen LogP contribution in [0.2, 0.25) is 0 Å². The topological polar surface area (TPSA) is 137 Å². The van der Waals surface area contributed by atoms with Gasteiger partial charge in [0.15, 0.2) is 0 Å². The third kappa shape index (κ3) is 7.70. The number of carboxylic acids is 1. The fourth-order valence-corrected chi connectivity index (χ4v) is 5.93. The minimum atomic E-state index is -2.49. The number of aromatic nitrogens is 2. The number of hydrogen-bond acceptors (Lipinski definition) is 9. The van der Waals surface area contributed by atoms with Crippen molar-refractivity contribution in [2.75, 3.05) is 42.0 Å². The van der Waals surface area contributed by atoms with E-state index in [2.05, 4.69) is 27.1 Å². The Morgan fingerprint density at radius 1 is 1.22 bits per heavy atom. The number of ether oxygens (including phenoxy) is 2. The van der Waals surface area contributed by atoms with Gasteiger partial charge in [-0.1, -0.05) is 6.07 Å². The van der Waals surface area contributed by atoms with Crippen LogP contribution in [0.1, 0.15) is 51.5 Å². The van der Waals surface area contributed by atoms with Crippen LogP contribution in [0.25, 0.3) is 0 Å². The summed E-state index contributed by atoms with van der Waals surface area (Å²) < 4.78 is 31.0. The molecule has 0 radical (unpaired) electrons. The highest BCUT2D eigenvalue weighted by molar-refractivity contribution is 8.24. The van der Waals surface area contributed by atoms with Crippen LogP contribution in [0.4, 0.5) is 17.1 Å². The van der Waals surface area contributed by atoms with E-state index in [0.29, 0.717) is 36.6 Å².